The molecule has 0 bridgehead atoms. The third kappa shape index (κ3) is 11.3. The number of fused-ring (bicyclic) bond motifs is 1. The van der Waals surface area contributed by atoms with Crippen LogP contribution in [0.15, 0.2) is 83.9 Å². The molecule has 1 amide bonds. The standard InChI is InChI=1S/C55H70N8O9S/c1-37(2)42-7-4-5-8-43(42)44-9-6-10-47(44)62-35-55(36-62)20-23-61(24-21-55)40-11-13-45(49(32-40)72-50-31-39-17-22-56-51(39)58-53(50)71-30-27-60-25-28-70-29-26-60)52(64)59-73(68,69)41-12-14-46(48(33-41)63(66)67)57-34-38-15-18-54(3,65)19-16-38/h4-5,7-8,11-14,17,22,31-33,37-38,44,47,57,65H,6,9-10,15-16,18-21,23-30,34-36H2,1-3H3,(H,56,58)(H,59,64)/t38-,44-,47-,54-/m0/s1. The Balaban J connectivity index is 0.877. The minimum atomic E-state index is -4.63. The molecule has 0 unspecified atom stereocenters. The van der Waals surface area contributed by atoms with Crippen LogP contribution in [0.5, 0.6) is 17.4 Å². The van der Waals surface area contributed by atoms with Crippen LogP contribution in [0.3, 0.4) is 0 Å². The highest BCUT2D eigenvalue weighted by atomic mass is 32.2. The summed E-state index contributed by atoms with van der Waals surface area (Å²) < 4.78 is 48.7. The maximum Gasteiger partial charge on any atom is 0.293 e. The lowest BCUT2D eigenvalue weighted by Gasteiger charge is -2.57. The van der Waals surface area contributed by atoms with Crippen LogP contribution in [0, 0.1) is 21.4 Å². The van der Waals surface area contributed by atoms with Crippen molar-refractivity contribution in [3.63, 3.8) is 0 Å². The van der Waals surface area contributed by atoms with E-state index in [0.717, 1.165) is 82.1 Å². The number of piperidine rings is 1. The lowest BCUT2D eigenvalue weighted by Crippen LogP contribution is -2.63. The quantitative estimate of drug-likeness (QED) is 0.0508. The number of morpholine rings is 1. The number of benzene rings is 3. The van der Waals surface area contributed by atoms with E-state index in [9.17, 15) is 28.4 Å². The maximum absolute atomic E-state index is 14.4. The van der Waals surface area contributed by atoms with Crippen molar-refractivity contribution in [3.8, 4) is 17.4 Å². The lowest BCUT2D eigenvalue weighted by atomic mass is 9.70. The predicted octanol–water partition coefficient (Wildman–Crippen LogP) is 8.81. The number of amides is 1. The number of hydrogen-bond donors (Lipinski definition) is 4. The van der Waals surface area contributed by atoms with E-state index in [1.165, 1.54) is 42.5 Å². The Hall–Kier alpha value is -5.79. The Labute approximate surface area is 428 Å². The van der Waals surface area contributed by atoms with Crippen LogP contribution in [0.2, 0.25) is 0 Å². The molecule has 17 nitrogen and oxygen atoms in total. The zero-order valence-electron chi connectivity index (χ0n) is 42.3. The minimum absolute atomic E-state index is 0.0618. The van der Waals surface area contributed by atoms with Crippen molar-refractivity contribution in [2.24, 2.45) is 11.3 Å². The molecular formula is C55H70N8O9S. The summed E-state index contributed by atoms with van der Waals surface area (Å²) in [6.07, 6.45) is 10.3. The van der Waals surface area contributed by atoms with Crippen molar-refractivity contribution in [1.29, 1.82) is 0 Å². The van der Waals surface area contributed by atoms with Crippen LogP contribution in [-0.4, -0.2) is 128 Å². The Morgan fingerprint density at radius 2 is 1.73 bits per heavy atom. The van der Waals surface area contributed by atoms with Gasteiger partial charge in [0.15, 0.2) is 5.75 Å². The lowest BCUT2D eigenvalue weighted by molar-refractivity contribution is -0.384. The van der Waals surface area contributed by atoms with Crippen molar-refractivity contribution < 1.29 is 37.5 Å². The molecule has 2 aliphatic carbocycles. The average molecular weight is 1020 g/mol. The van der Waals surface area contributed by atoms with Crippen molar-refractivity contribution in [1.82, 2.24) is 24.5 Å². The fourth-order valence-electron chi connectivity index (χ4n) is 12.0. The monoisotopic (exact) mass is 1020 g/mol. The number of hydrogen-bond acceptors (Lipinski definition) is 14. The molecule has 10 rings (SSSR count). The highest BCUT2D eigenvalue weighted by Gasteiger charge is 2.49. The number of carbonyl (C=O) groups is 1. The number of aromatic amines is 1. The van der Waals surface area contributed by atoms with E-state index in [1.807, 2.05) is 19.1 Å². The number of rotatable bonds is 17. The van der Waals surface area contributed by atoms with Crippen molar-refractivity contribution in [3.05, 3.63) is 106 Å². The normalized spacial score (nSPS) is 23.6. The molecule has 3 aromatic carbocycles. The highest BCUT2D eigenvalue weighted by molar-refractivity contribution is 7.90. The Bertz CT molecular complexity index is 2890. The van der Waals surface area contributed by atoms with Crippen LogP contribution in [0.4, 0.5) is 17.1 Å². The number of nitrogens with one attached hydrogen (secondary N) is 3. The second-order valence-corrected chi connectivity index (χ2v) is 23.4. The third-order valence-corrected chi connectivity index (χ3v) is 17.7. The van der Waals surface area contributed by atoms with E-state index in [0.29, 0.717) is 69.3 Å². The summed E-state index contributed by atoms with van der Waals surface area (Å²) in [5.41, 5.74) is 3.59. The zero-order chi connectivity index (χ0) is 50.9. The second kappa shape index (κ2) is 21.2. The van der Waals surface area contributed by atoms with E-state index in [-0.39, 0.29) is 40.0 Å². The van der Waals surface area contributed by atoms with E-state index in [2.05, 4.69) is 67.8 Å². The number of H-pyrrole nitrogens is 1. The van der Waals surface area contributed by atoms with Gasteiger partial charge in [-0.15, -0.1) is 0 Å². The number of pyridine rings is 1. The van der Waals surface area contributed by atoms with Gasteiger partial charge in [0.2, 0.25) is 0 Å². The molecule has 3 saturated heterocycles. The summed E-state index contributed by atoms with van der Waals surface area (Å²) in [5.74, 6) is 0.811. The minimum Gasteiger partial charge on any atom is -0.474 e. The second-order valence-electron chi connectivity index (χ2n) is 21.8. The number of nitrogens with zero attached hydrogens (tertiary/aromatic N) is 5. The van der Waals surface area contributed by atoms with Gasteiger partial charge in [-0.05, 0) is 129 Å². The first-order valence-corrected chi connectivity index (χ1v) is 27.7. The number of likely N-dealkylation sites (tertiary alicyclic amines) is 1. The van der Waals surface area contributed by atoms with Gasteiger partial charge in [-0.1, -0.05) is 44.5 Å². The molecule has 5 heterocycles. The van der Waals surface area contributed by atoms with Crippen LogP contribution >= 0.6 is 0 Å². The smallest absolute Gasteiger partial charge is 0.293 e. The molecule has 390 valence electrons. The Morgan fingerprint density at radius 3 is 2.48 bits per heavy atom. The van der Waals surface area contributed by atoms with E-state index in [1.54, 1.807) is 24.4 Å². The van der Waals surface area contributed by atoms with Gasteiger partial charge in [0.1, 0.15) is 23.7 Å². The number of anilines is 2. The average Bonchev–Trinajstić information content (AvgIpc) is 4.05. The molecule has 73 heavy (non-hydrogen) atoms. The van der Waals surface area contributed by atoms with E-state index < -0.39 is 37.0 Å². The van der Waals surface area contributed by atoms with Gasteiger partial charge >= 0.3 is 0 Å². The summed E-state index contributed by atoms with van der Waals surface area (Å²) in [5, 5.41) is 26.6. The Morgan fingerprint density at radius 1 is 0.959 bits per heavy atom. The molecule has 2 saturated carbocycles. The fraction of sp³-hybridized carbons (Fsp3) is 0.527. The molecular weight excluding hydrogens is 949 g/mol. The molecule has 2 atom stereocenters. The van der Waals surface area contributed by atoms with Crippen LogP contribution in [-0.2, 0) is 14.8 Å². The molecule has 5 fully saturated rings. The number of sulfonamides is 1. The van der Waals surface area contributed by atoms with Gasteiger partial charge in [0, 0.05) is 87.8 Å². The van der Waals surface area contributed by atoms with Gasteiger partial charge in [-0.3, -0.25) is 24.7 Å². The van der Waals surface area contributed by atoms with Gasteiger partial charge < -0.3 is 34.5 Å². The number of nitro benzene ring substituents is 1. The van der Waals surface area contributed by atoms with E-state index >= 15 is 0 Å². The summed E-state index contributed by atoms with van der Waals surface area (Å²) in [4.78, 5) is 40.8. The predicted molar refractivity (Wildman–Crippen MR) is 281 cm³/mol. The SMILES string of the molecule is CC(C)c1ccccc1[C@@H]1CCC[C@@H]1N1CC2(CCN(c3ccc(C(=O)NS(=O)(=O)c4ccc(NC[C@H]5CC[C@](C)(O)CC5)c([N+](=O)[O-])c4)c(Oc4cc5cc[nH]c5nc4OCCN4CCOCC4)c3)CC2)C1. The van der Waals surface area contributed by atoms with Gasteiger partial charge in [-0.25, -0.2) is 13.1 Å². The number of aromatic nitrogens is 2. The number of carbonyl (C=O) groups excluding carboxylic acids is 1. The molecule has 18 heteroatoms. The first kappa shape index (κ1) is 50.7. The first-order chi connectivity index (χ1) is 35.1. The highest BCUT2D eigenvalue weighted by Crippen LogP contribution is 2.49. The molecule has 2 aromatic heterocycles. The number of nitro groups is 1. The van der Waals surface area contributed by atoms with Gasteiger partial charge in [-0.2, -0.15) is 4.98 Å². The molecule has 0 radical (unpaired) electrons. The molecule has 4 N–H and O–H groups in total. The van der Waals surface area contributed by atoms with E-state index in [4.69, 9.17) is 19.2 Å². The van der Waals surface area contributed by atoms with Crippen LogP contribution in [0.1, 0.15) is 112 Å². The molecule has 5 aromatic rings. The van der Waals surface area contributed by atoms with Gasteiger partial charge in [0.25, 0.3) is 27.5 Å². The van der Waals surface area contributed by atoms with Crippen molar-refractivity contribution >= 4 is 44.0 Å². The number of aliphatic hydroxyl groups is 1. The Kier molecular flexibility index (Phi) is 14.7. The molecule has 1 spiro atoms. The van der Waals surface area contributed by atoms with Crippen molar-refractivity contribution in [2.75, 3.05) is 82.4 Å². The summed E-state index contributed by atoms with van der Waals surface area (Å²) in [6, 6.07) is 21.9. The zero-order valence-corrected chi connectivity index (χ0v) is 43.1. The largest absolute Gasteiger partial charge is 0.474 e. The number of ether oxygens (including phenoxy) is 3. The third-order valence-electron chi connectivity index (χ3n) is 16.3. The van der Waals surface area contributed by atoms with Crippen molar-refractivity contribution in [2.45, 2.75) is 107 Å². The topological polar surface area (TPSA) is 205 Å². The molecule has 3 aliphatic heterocycles. The van der Waals surface area contributed by atoms with Crippen LogP contribution in [0.25, 0.3) is 11.0 Å². The van der Waals surface area contributed by atoms with Crippen LogP contribution < -0.4 is 24.4 Å². The summed E-state index contributed by atoms with van der Waals surface area (Å²) >= 11 is 0. The summed E-state index contributed by atoms with van der Waals surface area (Å²) in [7, 11) is -4.63. The van der Waals surface area contributed by atoms with Gasteiger partial charge in [0.05, 0.1) is 34.2 Å². The first-order valence-electron chi connectivity index (χ1n) is 26.3. The summed E-state index contributed by atoms with van der Waals surface area (Å²) in [6.45, 7) is 14.4. The fourth-order valence-corrected chi connectivity index (χ4v) is 13.0. The molecule has 5 aliphatic rings. The maximum atomic E-state index is 14.4.